The van der Waals surface area contributed by atoms with Gasteiger partial charge in [0.2, 0.25) is 0 Å². The number of hydrogen-bond acceptors (Lipinski definition) is 2. The summed E-state index contributed by atoms with van der Waals surface area (Å²) in [6.45, 7) is 2.96. The number of carbonyl (C=O) groups excluding carboxylic acids is 2. The summed E-state index contributed by atoms with van der Waals surface area (Å²) in [7, 11) is 0. The normalized spacial score (nSPS) is 12.8. The summed E-state index contributed by atoms with van der Waals surface area (Å²) < 4.78 is 0. The first-order valence-corrected chi connectivity index (χ1v) is 8.05. The summed E-state index contributed by atoms with van der Waals surface area (Å²) in [6.07, 6.45) is 7.77. The van der Waals surface area contributed by atoms with Gasteiger partial charge in [0.15, 0.2) is 0 Å². The minimum absolute atomic E-state index is 0.104. The molecule has 0 aromatic heterocycles. The fourth-order valence-electron chi connectivity index (χ4n) is 2.80. The Morgan fingerprint density at radius 2 is 1.33 bits per heavy atom. The lowest BCUT2D eigenvalue weighted by Crippen LogP contribution is -2.26. The van der Waals surface area contributed by atoms with Gasteiger partial charge in [-0.05, 0) is 25.0 Å². The van der Waals surface area contributed by atoms with Gasteiger partial charge in [0.1, 0.15) is 11.6 Å². The van der Waals surface area contributed by atoms with Gasteiger partial charge in [0.25, 0.3) is 0 Å². The molecule has 0 heterocycles. The lowest BCUT2D eigenvalue weighted by molar-refractivity contribution is -0.130. The molecule has 0 aliphatic carbocycles. The maximum atomic E-state index is 12.0. The Morgan fingerprint density at radius 3 is 1.88 bits per heavy atom. The van der Waals surface area contributed by atoms with E-state index in [1.165, 1.54) is 13.8 Å². The first kappa shape index (κ1) is 17.6. The summed E-state index contributed by atoms with van der Waals surface area (Å²) >= 11 is 0. The quantitative estimate of drug-likeness (QED) is 0.541. The standard InChI is InChI=1S/C22H22O2/c1-17(23)22(18(2)24)21(20-14-7-4-8-15-20)16-10-9-13-19-11-5-3-6-12-19/h3-16,21-22H,1-2H3/b13-9+,16-10+. The molecule has 1 atom stereocenters. The number of Topliss-reactive ketones (excluding diaryl/α,β-unsaturated/α-hetero) is 2. The Balaban J connectivity index is 2.26. The van der Waals surface area contributed by atoms with Crippen molar-refractivity contribution in [2.24, 2.45) is 5.92 Å². The topological polar surface area (TPSA) is 34.1 Å². The van der Waals surface area contributed by atoms with Crippen molar-refractivity contribution in [1.29, 1.82) is 0 Å². The van der Waals surface area contributed by atoms with Gasteiger partial charge in [0.05, 0.1) is 5.92 Å². The zero-order valence-corrected chi connectivity index (χ0v) is 14.1. The molecule has 0 saturated carbocycles. The minimum Gasteiger partial charge on any atom is -0.299 e. The molecule has 0 aliphatic rings. The molecule has 0 spiro atoms. The molecule has 24 heavy (non-hydrogen) atoms. The highest BCUT2D eigenvalue weighted by atomic mass is 16.1. The Hall–Kier alpha value is -2.74. The number of allylic oxidation sites excluding steroid dienone is 3. The van der Waals surface area contributed by atoms with Gasteiger partial charge in [0, 0.05) is 5.92 Å². The second-order valence-corrected chi connectivity index (χ2v) is 5.79. The van der Waals surface area contributed by atoms with Crippen molar-refractivity contribution in [2.75, 3.05) is 0 Å². The molecule has 122 valence electrons. The lowest BCUT2D eigenvalue weighted by Gasteiger charge is -2.20. The van der Waals surface area contributed by atoms with E-state index >= 15 is 0 Å². The van der Waals surface area contributed by atoms with E-state index in [-0.39, 0.29) is 17.5 Å². The van der Waals surface area contributed by atoms with Crippen LogP contribution in [0.3, 0.4) is 0 Å². The van der Waals surface area contributed by atoms with Crippen molar-refractivity contribution in [3.05, 3.63) is 90.0 Å². The molecular formula is C22H22O2. The predicted octanol–water partition coefficient (Wildman–Crippen LogP) is 4.83. The summed E-state index contributed by atoms with van der Waals surface area (Å²) in [5.41, 5.74) is 2.07. The SMILES string of the molecule is CC(=O)C(C(C)=O)C(/C=C/C=C/c1ccccc1)c1ccccc1. The molecule has 0 radical (unpaired) electrons. The van der Waals surface area contributed by atoms with E-state index in [1.54, 1.807) is 0 Å². The number of benzene rings is 2. The number of carbonyl (C=O) groups is 2. The summed E-state index contributed by atoms with van der Waals surface area (Å²) in [6, 6.07) is 19.7. The third-order valence-electron chi connectivity index (χ3n) is 3.94. The van der Waals surface area contributed by atoms with E-state index < -0.39 is 5.92 Å². The van der Waals surface area contributed by atoms with Crippen molar-refractivity contribution in [3.8, 4) is 0 Å². The largest absolute Gasteiger partial charge is 0.299 e. The second kappa shape index (κ2) is 8.78. The van der Waals surface area contributed by atoms with Crippen LogP contribution in [0.5, 0.6) is 0 Å². The van der Waals surface area contributed by atoms with Crippen LogP contribution in [0.4, 0.5) is 0 Å². The fraction of sp³-hybridized carbons (Fsp3) is 0.182. The molecule has 2 nitrogen and oxygen atoms in total. The van der Waals surface area contributed by atoms with Gasteiger partial charge in [-0.25, -0.2) is 0 Å². The second-order valence-electron chi connectivity index (χ2n) is 5.79. The minimum atomic E-state index is -0.645. The Labute approximate surface area is 143 Å². The zero-order valence-electron chi connectivity index (χ0n) is 14.1. The van der Waals surface area contributed by atoms with Crippen LogP contribution in [-0.4, -0.2) is 11.6 Å². The molecule has 0 bridgehead atoms. The monoisotopic (exact) mass is 318 g/mol. The van der Waals surface area contributed by atoms with E-state index in [1.807, 2.05) is 85.0 Å². The lowest BCUT2D eigenvalue weighted by atomic mass is 9.81. The fourth-order valence-corrected chi connectivity index (χ4v) is 2.80. The number of rotatable bonds is 7. The zero-order chi connectivity index (χ0) is 17.4. The maximum Gasteiger partial charge on any atom is 0.141 e. The molecule has 2 heteroatoms. The van der Waals surface area contributed by atoms with Crippen LogP contribution in [0.15, 0.2) is 78.9 Å². The van der Waals surface area contributed by atoms with Crippen molar-refractivity contribution >= 4 is 17.6 Å². The smallest absolute Gasteiger partial charge is 0.141 e. The van der Waals surface area contributed by atoms with E-state index in [0.29, 0.717) is 0 Å². The summed E-state index contributed by atoms with van der Waals surface area (Å²) in [5.74, 6) is -1.10. The molecule has 2 aromatic rings. The first-order valence-electron chi connectivity index (χ1n) is 8.05. The average molecular weight is 318 g/mol. The molecule has 0 amide bonds. The third-order valence-corrected chi connectivity index (χ3v) is 3.94. The van der Waals surface area contributed by atoms with Crippen LogP contribution in [0.1, 0.15) is 30.9 Å². The Bertz CT molecular complexity index is 713. The third kappa shape index (κ3) is 4.88. The van der Waals surface area contributed by atoms with E-state index in [9.17, 15) is 9.59 Å². The van der Waals surface area contributed by atoms with Gasteiger partial charge >= 0.3 is 0 Å². The highest BCUT2D eigenvalue weighted by molar-refractivity contribution is 6.01. The van der Waals surface area contributed by atoms with Crippen molar-refractivity contribution in [3.63, 3.8) is 0 Å². The van der Waals surface area contributed by atoms with Crippen LogP contribution in [0.25, 0.3) is 6.08 Å². The van der Waals surface area contributed by atoms with Crippen LogP contribution < -0.4 is 0 Å². The Kier molecular flexibility index (Phi) is 6.44. The van der Waals surface area contributed by atoms with E-state index in [2.05, 4.69) is 0 Å². The maximum absolute atomic E-state index is 12.0. The molecule has 2 aromatic carbocycles. The van der Waals surface area contributed by atoms with Gasteiger partial charge in [-0.2, -0.15) is 0 Å². The molecule has 1 unspecified atom stereocenters. The van der Waals surface area contributed by atoms with Gasteiger partial charge in [-0.3, -0.25) is 9.59 Å². The molecular weight excluding hydrogens is 296 g/mol. The average Bonchev–Trinajstić information content (AvgIpc) is 2.58. The predicted molar refractivity (Wildman–Crippen MR) is 98.7 cm³/mol. The molecule has 0 saturated heterocycles. The van der Waals surface area contributed by atoms with Gasteiger partial charge < -0.3 is 0 Å². The van der Waals surface area contributed by atoms with Crippen molar-refractivity contribution in [2.45, 2.75) is 19.8 Å². The summed E-state index contributed by atoms with van der Waals surface area (Å²) in [5, 5.41) is 0. The molecule has 2 rings (SSSR count). The number of hydrogen-bond donors (Lipinski definition) is 0. The van der Waals surface area contributed by atoms with Gasteiger partial charge in [-0.15, -0.1) is 0 Å². The van der Waals surface area contributed by atoms with Crippen LogP contribution >= 0.6 is 0 Å². The number of ketones is 2. The Morgan fingerprint density at radius 1 is 0.792 bits per heavy atom. The molecule has 0 fully saturated rings. The van der Waals surface area contributed by atoms with Crippen LogP contribution in [-0.2, 0) is 9.59 Å². The highest BCUT2D eigenvalue weighted by Crippen LogP contribution is 2.28. The molecule has 0 aliphatic heterocycles. The van der Waals surface area contributed by atoms with Crippen LogP contribution in [0, 0.1) is 5.92 Å². The van der Waals surface area contributed by atoms with Crippen LogP contribution in [0.2, 0.25) is 0 Å². The van der Waals surface area contributed by atoms with Gasteiger partial charge in [-0.1, -0.05) is 85.0 Å². The van der Waals surface area contributed by atoms with E-state index in [4.69, 9.17) is 0 Å². The first-order chi connectivity index (χ1) is 11.6. The van der Waals surface area contributed by atoms with Crippen molar-refractivity contribution in [1.82, 2.24) is 0 Å². The van der Waals surface area contributed by atoms with Crippen molar-refractivity contribution < 1.29 is 9.59 Å². The van der Waals surface area contributed by atoms with E-state index in [0.717, 1.165) is 11.1 Å². The molecule has 0 N–H and O–H groups in total. The highest BCUT2D eigenvalue weighted by Gasteiger charge is 2.28. The summed E-state index contributed by atoms with van der Waals surface area (Å²) in [4.78, 5) is 24.0.